The molecule has 0 atom stereocenters. The van der Waals surface area contributed by atoms with E-state index in [1.165, 1.54) is 5.56 Å². The lowest BCUT2D eigenvalue weighted by atomic mass is 9.82. The minimum atomic E-state index is -0.142. The summed E-state index contributed by atoms with van der Waals surface area (Å²) in [5, 5.41) is 0. The first-order chi connectivity index (χ1) is 7.03. The van der Waals surface area contributed by atoms with Gasteiger partial charge in [-0.05, 0) is 29.5 Å². The van der Waals surface area contributed by atoms with Crippen molar-refractivity contribution in [3.63, 3.8) is 0 Å². The van der Waals surface area contributed by atoms with E-state index in [0.717, 1.165) is 17.5 Å². The summed E-state index contributed by atoms with van der Waals surface area (Å²) in [7, 11) is 0. The van der Waals surface area contributed by atoms with E-state index in [1.807, 2.05) is 6.07 Å². The second-order valence-corrected chi connectivity index (χ2v) is 4.58. The Bertz CT molecular complexity index is 534. The number of imidazole rings is 1. The van der Waals surface area contributed by atoms with E-state index < -0.39 is 0 Å². The van der Waals surface area contributed by atoms with Gasteiger partial charge in [-0.15, -0.1) is 0 Å². The summed E-state index contributed by atoms with van der Waals surface area (Å²) in [6.45, 7) is 6.59. The second kappa shape index (κ2) is 3.26. The topological polar surface area (TPSA) is 48.6 Å². The first-order valence-electron chi connectivity index (χ1n) is 5.25. The molecule has 0 radical (unpaired) electrons. The molecule has 0 aliphatic carbocycles. The smallest absolute Gasteiger partial charge is 0.306 e. The lowest BCUT2D eigenvalue weighted by Gasteiger charge is -2.23. The molecule has 0 amide bonds. The Morgan fingerprint density at radius 2 is 1.87 bits per heavy atom. The fourth-order valence-corrected chi connectivity index (χ4v) is 1.66. The van der Waals surface area contributed by atoms with Crippen LogP contribution in [0.15, 0.2) is 23.0 Å². The molecule has 0 unspecified atom stereocenters. The van der Waals surface area contributed by atoms with Crippen LogP contribution in [0.4, 0.5) is 0 Å². The minimum absolute atomic E-state index is 0.142. The van der Waals surface area contributed by atoms with Gasteiger partial charge in [0.15, 0.2) is 0 Å². The van der Waals surface area contributed by atoms with E-state index in [0.29, 0.717) is 0 Å². The zero-order valence-electron chi connectivity index (χ0n) is 9.35. The van der Waals surface area contributed by atoms with Gasteiger partial charge < -0.3 is 9.97 Å². The highest BCUT2D eigenvalue weighted by Gasteiger charge is 2.18. The molecule has 0 bridgehead atoms. The fourth-order valence-electron chi connectivity index (χ4n) is 1.66. The second-order valence-electron chi connectivity index (χ2n) is 4.58. The number of H-pyrrole nitrogens is 2. The summed E-state index contributed by atoms with van der Waals surface area (Å²) >= 11 is 0. The molecule has 0 spiro atoms. The number of rotatable bonds is 2. The number of fused-ring (bicyclic) bond motifs is 1. The van der Waals surface area contributed by atoms with Crippen molar-refractivity contribution >= 4 is 11.0 Å². The summed E-state index contributed by atoms with van der Waals surface area (Å²) in [5.74, 6) is 0. The zero-order valence-corrected chi connectivity index (χ0v) is 9.35. The van der Waals surface area contributed by atoms with E-state index in [2.05, 4.69) is 42.9 Å². The van der Waals surface area contributed by atoms with Crippen LogP contribution in [0.5, 0.6) is 0 Å². The molecule has 0 saturated carbocycles. The number of aromatic nitrogens is 2. The molecular weight excluding hydrogens is 188 g/mol. The van der Waals surface area contributed by atoms with Crippen molar-refractivity contribution in [2.45, 2.75) is 32.6 Å². The first kappa shape index (κ1) is 10.0. The summed E-state index contributed by atoms with van der Waals surface area (Å²) in [6.07, 6.45) is 1.08. The molecule has 3 heteroatoms. The molecule has 0 saturated heterocycles. The van der Waals surface area contributed by atoms with Crippen molar-refractivity contribution < 1.29 is 0 Å². The number of hydrogen-bond donors (Lipinski definition) is 2. The Morgan fingerprint density at radius 3 is 2.53 bits per heavy atom. The Hall–Kier alpha value is -1.51. The quantitative estimate of drug-likeness (QED) is 0.776. The van der Waals surface area contributed by atoms with Crippen molar-refractivity contribution in [3.05, 3.63) is 34.2 Å². The van der Waals surface area contributed by atoms with Crippen LogP contribution < -0.4 is 5.69 Å². The van der Waals surface area contributed by atoms with Crippen molar-refractivity contribution in [1.82, 2.24) is 9.97 Å². The molecule has 2 aromatic rings. The van der Waals surface area contributed by atoms with Gasteiger partial charge in [0, 0.05) is 0 Å². The number of aromatic amines is 2. The highest BCUT2D eigenvalue weighted by molar-refractivity contribution is 5.75. The standard InChI is InChI=1S/C12H16N2O/c1-4-12(2,3)8-5-6-9-10(7-8)14-11(15)13-9/h5-7H,4H2,1-3H3,(H2,13,14,15). The molecular formula is C12H16N2O. The summed E-state index contributed by atoms with van der Waals surface area (Å²) in [5.41, 5.74) is 3.03. The Labute approximate surface area is 88.5 Å². The van der Waals surface area contributed by atoms with Crippen LogP contribution >= 0.6 is 0 Å². The molecule has 1 aromatic heterocycles. The maximum Gasteiger partial charge on any atom is 0.323 e. The summed E-state index contributed by atoms with van der Waals surface area (Å²) < 4.78 is 0. The predicted octanol–water partition coefficient (Wildman–Crippen LogP) is 2.54. The van der Waals surface area contributed by atoms with E-state index >= 15 is 0 Å². The Balaban J connectivity index is 2.60. The van der Waals surface area contributed by atoms with Crippen LogP contribution in [0.25, 0.3) is 11.0 Å². The van der Waals surface area contributed by atoms with Gasteiger partial charge in [-0.2, -0.15) is 0 Å². The van der Waals surface area contributed by atoms with Gasteiger partial charge in [-0.25, -0.2) is 4.79 Å². The van der Waals surface area contributed by atoms with Crippen molar-refractivity contribution in [2.75, 3.05) is 0 Å². The van der Waals surface area contributed by atoms with Gasteiger partial charge >= 0.3 is 5.69 Å². The summed E-state index contributed by atoms with van der Waals surface area (Å²) in [6, 6.07) is 6.09. The number of benzene rings is 1. The fraction of sp³-hybridized carbons (Fsp3) is 0.417. The minimum Gasteiger partial charge on any atom is -0.306 e. The maximum atomic E-state index is 11.1. The highest BCUT2D eigenvalue weighted by atomic mass is 16.1. The normalized spacial score (nSPS) is 12.2. The van der Waals surface area contributed by atoms with Crippen LogP contribution in [-0.4, -0.2) is 9.97 Å². The third-order valence-electron chi connectivity index (χ3n) is 3.18. The Kier molecular flexibility index (Phi) is 2.18. The molecule has 0 aliphatic rings. The van der Waals surface area contributed by atoms with Crippen molar-refractivity contribution in [1.29, 1.82) is 0 Å². The number of hydrogen-bond acceptors (Lipinski definition) is 1. The molecule has 3 nitrogen and oxygen atoms in total. The Morgan fingerprint density at radius 1 is 1.20 bits per heavy atom. The van der Waals surface area contributed by atoms with E-state index in [1.54, 1.807) is 0 Å². The van der Waals surface area contributed by atoms with Gasteiger partial charge in [0.25, 0.3) is 0 Å². The number of nitrogens with one attached hydrogen (secondary N) is 2. The van der Waals surface area contributed by atoms with Crippen LogP contribution in [0.3, 0.4) is 0 Å². The zero-order chi connectivity index (χ0) is 11.1. The highest BCUT2D eigenvalue weighted by Crippen LogP contribution is 2.27. The third-order valence-corrected chi connectivity index (χ3v) is 3.18. The first-order valence-corrected chi connectivity index (χ1v) is 5.25. The average molecular weight is 204 g/mol. The third kappa shape index (κ3) is 1.69. The van der Waals surface area contributed by atoms with E-state index in [9.17, 15) is 4.79 Å². The van der Waals surface area contributed by atoms with Crippen molar-refractivity contribution in [2.24, 2.45) is 0 Å². The monoisotopic (exact) mass is 204 g/mol. The average Bonchev–Trinajstić information content (AvgIpc) is 2.56. The van der Waals surface area contributed by atoms with E-state index in [4.69, 9.17) is 0 Å². The molecule has 0 aliphatic heterocycles. The van der Waals surface area contributed by atoms with Crippen molar-refractivity contribution in [3.8, 4) is 0 Å². The summed E-state index contributed by atoms with van der Waals surface area (Å²) in [4.78, 5) is 16.6. The van der Waals surface area contributed by atoms with Gasteiger partial charge in [0.1, 0.15) is 0 Å². The largest absolute Gasteiger partial charge is 0.323 e. The van der Waals surface area contributed by atoms with Gasteiger partial charge in [-0.3, -0.25) is 0 Å². The van der Waals surface area contributed by atoms with Crippen LogP contribution in [0.2, 0.25) is 0 Å². The van der Waals surface area contributed by atoms with Gasteiger partial charge in [-0.1, -0.05) is 26.8 Å². The molecule has 80 valence electrons. The van der Waals surface area contributed by atoms with Crippen LogP contribution in [-0.2, 0) is 5.41 Å². The lowest BCUT2D eigenvalue weighted by Crippen LogP contribution is -2.15. The molecule has 1 aromatic carbocycles. The molecule has 15 heavy (non-hydrogen) atoms. The van der Waals surface area contributed by atoms with E-state index in [-0.39, 0.29) is 11.1 Å². The molecule has 2 N–H and O–H groups in total. The maximum absolute atomic E-state index is 11.1. The SMILES string of the molecule is CCC(C)(C)c1ccc2[nH]c(=O)[nH]c2c1. The molecule has 0 fully saturated rings. The molecule has 2 rings (SSSR count). The van der Waals surface area contributed by atoms with Gasteiger partial charge in [0.05, 0.1) is 11.0 Å². The molecule has 1 heterocycles. The lowest BCUT2D eigenvalue weighted by molar-refractivity contribution is 0.507. The van der Waals surface area contributed by atoms with Crippen LogP contribution in [0, 0.1) is 0 Å². The van der Waals surface area contributed by atoms with Gasteiger partial charge in [0.2, 0.25) is 0 Å². The predicted molar refractivity (Wildman–Crippen MR) is 62.2 cm³/mol. The van der Waals surface area contributed by atoms with Crippen LogP contribution in [0.1, 0.15) is 32.8 Å².